The number of aromatic nitrogens is 1. The van der Waals surface area contributed by atoms with Crippen LogP contribution in [-0.4, -0.2) is 37.5 Å². The first-order valence-corrected chi connectivity index (χ1v) is 5.84. The van der Waals surface area contributed by atoms with Crippen LogP contribution in [-0.2, 0) is 9.47 Å². The van der Waals surface area contributed by atoms with Crippen LogP contribution in [0.2, 0.25) is 0 Å². The van der Waals surface area contributed by atoms with Crippen molar-refractivity contribution in [2.24, 2.45) is 0 Å². The number of nitrogens with zero attached hydrogens (tertiary/aromatic N) is 1. The Balaban J connectivity index is 2.15. The maximum atomic E-state index is 13.2. The van der Waals surface area contributed by atoms with E-state index in [0.29, 0.717) is 19.8 Å². The summed E-state index contributed by atoms with van der Waals surface area (Å²) in [7, 11) is 0. The van der Waals surface area contributed by atoms with E-state index in [2.05, 4.69) is 10.3 Å². The summed E-state index contributed by atoms with van der Waals surface area (Å²) >= 11 is 0. The van der Waals surface area contributed by atoms with Gasteiger partial charge in [-0.15, -0.1) is 0 Å². The fraction of sp³-hybridized carbons (Fsp3) is 0.583. The van der Waals surface area contributed by atoms with Crippen molar-refractivity contribution in [1.29, 1.82) is 0 Å². The van der Waals surface area contributed by atoms with Gasteiger partial charge in [-0.3, -0.25) is 4.98 Å². The molecule has 2 heterocycles. The summed E-state index contributed by atoms with van der Waals surface area (Å²) in [6.45, 7) is 4.50. The molecule has 0 saturated carbocycles. The van der Waals surface area contributed by atoms with Gasteiger partial charge < -0.3 is 14.8 Å². The van der Waals surface area contributed by atoms with E-state index in [9.17, 15) is 4.39 Å². The van der Waals surface area contributed by atoms with Gasteiger partial charge in [0.25, 0.3) is 0 Å². The summed E-state index contributed by atoms with van der Waals surface area (Å²) in [6, 6.07) is 1.40. The van der Waals surface area contributed by atoms with Crippen LogP contribution >= 0.6 is 0 Å². The molecule has 0 radical (unpaired) electrons. The molecule has 0 amide bonds. The van der Waals surface area contributed by atoms with Crippen molar-refractivity contribution < 1.29 is 13.9 Å². The van der Waals surface area contributed by atoms with Gasteiger partial charge in [-0.25, -0.2) is 4.39 Å². The van der Waals surface area contributed by atoms with Gasteiger partial charge in [-0.05, 0) is 18.2 Å². The second kappa shape index (κ2) is 6.05. The average Bonchev–Trinajstić information content (AvgIpc) is 2.37. The molecular formula is C12H17FN2O2. The number of hydrogen-bond acceptors (Lipinski definition) is 4. The van der Waals surface area contributed by atoms with E-state index < -0.39 is 0 Å². The van der Waals surface area contributed by atoms with Crippen LogP contribution in [0.15, 0.2) is 18.5 Å². The van der Waals surface area contributed by atoms with Crippen molar-refractivity contribution >= 4 is 0 Å². The molecule has 0 spiro atoms. The number of halogens is 1. The molecule has 0 aromatic carbocycles. The highest BCUT2D eigenvalue weighted by atomic mass is 19.1. The number of rotatable bonds is 4. The first-order valence-electron chi connectivity index (χ1n) is 5.84. The Bertz CT molecular complexity index is 356. The van der Waals surface area contributed by atoms with Gasteiger partial charge in [0.2, 0.25) is 0 Å². The minimum atomic E-state index is -0.331. The lowest BCUT2D eigenvalue weighted by molar-refractivity contribution is -0.102. The van der Waals surface area contributed by atoms with Crippen molar-refractivity contribution in [1.82, 2.24) is 10.3 Å². The van der Waals surface area contributed by atoms with E-state index in [1.165, 1.54) is 12.3 Å². The average molecular weight is 240 g/mol. The first kappa shape index (κ1) is 12.4. The smallest absolute Gasteiger partial charge is 0.141 e. The molecule has 5 heteroatoms. The lowest BCUT2D eigenvalue weighted by atomic mass is 10.0. The Hall–Kier alpha value is -1.04. The number of nitrogens with one attached hydrogen (secondary N) is 1. The summed E-state index contributed by atoms with van der Waals surface area (Å²) in [4.78, 5) is 3.87. The van der Waals surface area contributed by atoms with Crippen molar-refractivity contribution in [2.45, 2.75) is 19.1 Å². The van der Waals surface area contributed by atoms with Crippen LogP contribution in [0.25, 0.3) is 0 Å². The molecule has 1 N–H and O–H groups in total. The number of pyridine rings is 1. The van der Waals surface area contributed by atoms with Gasteiger partial charge >= 0.3 is 0 Å². The summed E-state index contributed by atoms with van der Waals surface area (Å²) in [6.07, 6.45) is 2.77. The Kier molecular flexibility index (Phi) is 4.42. The second-order valence-electron chi connectivity index (χ2n) is 3.96. The van der Waals surface area contributed by atoms with E-state index in [1.807, 2.05) is 6.92 Å². The quantitative estimate of drug-likeness (QED) is 0.861. The molecule has 4 nitrogen and oxygen atoms in total. The third-order valence-corrected chi connectivity index (χ3v) is 2.72. The molecule has 17 heavy (non-hydrogen) atoms. The van der Waals surface area contributed by atoms with Crippen LogP contribution in [0.1, 0.15) is 18.5 Å². The second-order valence-corrected chi connectivity index (χ2v) is 3.96. The summed E-state index contributed by atoms with van der Waals surface area (Å²) < 4.78 is 24.2. The highest BCUT2D eigenvalue weighted by Crippen LogP contribution is 2.21. The van der Waals surface area contributed by atoms with Crippen LogP contribution in [0.4, 0.5) is 4.39 Å². The van der Waals surface area contributed by atoms with E-state index in [1.54, 1.807) is 6.20 Å². The van der Waals surface area contributed by atoms with Gasteiger partial charge in [0.05, 0.1) is 32.1 Å². The molecule has 1 aromatic heterocycles. The lowest BCUT2D eigenvalue weighted by Gasteiger charge is -2.31. The Morgan fingerprint density at radius 1 is 1.53 bits per heavy atom. The molecule has 0 aliphatic carbocycles. The minimum absolute atomic E-state index is 0.0801. The molecular weight excluding hydrogens is 223 g/mol. The molecule has 0 bridgehead atoms. The van der Waals surface area contributed by atoms with Gasteiger partial charge in [0.15, 0.2) is 0 Å². The summed E-state index contributed by atoms with van der Waals surface area (Å²) in [5, 5.41) is 3.28. The van der Waals surface area contributed by atoms with Crippen molar-refractivity contribution in [3.8, 4) is 0 Å². The summed E-state index contributed by atoms with van der Waals surface area (Å²) in [5.41, 5.74) is 0.794. The van der Waals surface area contributed by atoms with Gasteiger partial charge in [-0.1, -0.05) is 6.92 Å². The van der Waals surface area contributed by atoms with Crippen LogP contribution in [0.3, 0.4) is 0 Å². The predicted octanol–water partition coefficient (Wildman–Crippen LogP) is 1.29. The van der Waals surface area contributed by atoms with E-state index in [-0.39, 0.29) is 18.0 Å². The van der Waals surface area contributed by atoms with Crippen LogP contribution < -0.4 is 5.32 Å². The molecule has 94 valence electrons. The topological polar surface area (TPSA) is 43.4 Å². The first-order chi connectivity index (χ1) is 8.31. The molecule has 1 aromatic rings. The largest absolute Gasteiger partial charge is 0.376 e. The fourth-order valence-electron chi connectivity index (χ4n) is 1.98. The number of likely N-dealkylation sites (N-methyl/N-ethyl adjacent to an activating group) is 1. The Morgan fingerprint density at radius 3 is 3.06 bits per heavy atom. The minimum Gasteiger partial charge on any atom is -0.376 e. The van der Waals surface area contributed by atoms with Gasteiger partial charge in [-0.2, -0.15) is 0 Å². The van der Waals surface area contributed by atoms with E-state index in [4.69, 9.17) is 9.47 Å². The highest BCUT2D eigenvalue weighted by molar-refractivity contribution is 5.17. The SMILES string of the molecule is CCNC(c1cncc(F)c1)C1COCCO1. The summed E-state index contributed by atoms with van der Waals surface area (Å²) in [5.74, 6) is -0.331. The zero-order valence-electron chi connectivity index (χ0n) is 9.86. The lowest BCUT2D eigenvalue weighted by Crippen LogP contribution is -2.40. The third-order valence-electron chi connectivity index (χ3n) is 2.72. The zero-order chi connectivity index (χ0) is 12.1. The third kappa shape index (κ3) is 3.21. The fourth-order valence-corrected chi connectivity index (χ4v) is 1.98. The molecule has 1 fully saturated rings. The molecule has 1 aliphatic rings. The molecule has 2 atom stereocenters. The maximum Gasteiger partial charge on any atom is 0.141 e. The van der Waals surface area contributed by atoms with E-state index >= 15 is 0 Å². The van der Waals surface area contributed by atoms with Crippen LogP contribution in [0, 0.1) is 5.82 Å². The normalized spacial score (nSPS) is 22.4. The maximum absolute atomic E-state index is 13.2. The molecule has 1 aliphatic heterocycles. The van der Waals surface area contributed by atoms with Crippen molar-refractivity contribution in [3.63, 3.8) is 0 Å². The molecule has 2 rings (SSSR count). The predicted molar refractivity (Wildman–Crippen MR) is 61.2 cm³/mol. The molecule has 1 saturated heterocycles. The Morgan fingerprint density at radius 2 is 2.41 bits per heavy atom. The van der Waals surface area contributed by atoms with E-state index in [0.717, 1.165) is 12.1 Å². The number of ether oxygens (including phenoxy) is 2. The highest BCUT2D eigenvalue weighted by Gasteiger charge is 2.26. The monoisotopic (exact) mass is 240 g/mol. The van der Waals surface area contributed by atoms with Gasteiger partial charge in [0.1, 0.15) is 11.9 Å². The van der Waals surface area contributed by atoms with Crippen molar-refractivity contribution in [3.05, 3.63) is 29.8 Å². The standard InChI is InChI=1S/C12H17FN2O2/c1-2-15-12(11-8-16-3-4-17-11)9-5-10(13)7-14-6-9/h5-7,11-12,15H,2-4,8H2,1H3. The molecule has 2 unspecified atom stereocenters. The zero-order valence-corrected chi connectivity index (χ0v) is 9.86. The number of hydrogen-bond donors (Lipinski definition) is 1. The Labute approximate surface area is 100 Å². The van der Waals surface area contributed by atoms with Gasteiger partial charge in [0, 0.05) is 6.20 Å². The van der Waals surface area contributed by atoms with Crippen LogP contribution in [0.5, 0.6) is 0 Å². The van der Waals surface area contributed by atoms with Crippen molar-refractivity contribution in [2.75, 3.05) is 26.4 Å².